The average molecular weight is 520 g/mol. The second-order valence-electron chi connectivity index (χ2n) is 7.91. The quantitative estimate of drug-likeness (QED) is 0.406. The second-order valence-corrected chi connectivity index (χ2v) is 9.81. The Balaban J connectivity index is 1.53. The van der Waals surface area contributed by atoms with Crippen LogP contribution in [0.15, 0.2) is 21.0 Å². The SMILES string of the molecule is CCCOC(=O)c1c(NC(=O)c2ccc(Cn3nc(C)c(Br)c3C)o2)sc2c1CCCC2. The first-order chi connectivity index (χ1) is 15.4. The van der Waals surface area contributed by atoms with Gasteiger partial charge in [-0.15, -0.1) is 11.3 Å². The van der Waals surface area contributed by atoms with Crippen LogP contribution < -0.4 is 5.32 Å². The minimum atomic E-state index is -0.381. The summed E-state index contributed by atoms with van der Waals surface area (Å²) < 4.78 is 14.0. The molecule has 1 aliphatic carbocycles. The van der Waals surface area contributed by atoms with Gasteiger partial charge in [-0.1, -0.05) is 6.92 Å². The Labute approximate surface area is 199 Å². The van der Waals surface area contributed by atoms with Crippen LogP contribution in [0.4, 0.5) is 5.00 Å². The number of anilines is 1. The first kappa shape index (κ1) is 22.8. The number of fused-ring (bicyclic) bond motifs is 1. The Morgan fingerprint density at radius 1 is 1.28 bits per heavy atom. The number of furan rings is 1. The molecule has 0 spiro atoms. The van der Waals surface area contributed by atoms with Gasteiger partial charge in [-0.05, 0) is 79.6 Å². The maximum absolute atomic E-state index is 12.9. The van der Waals surface area contributed by atoms with E-state index in [1.807, 2.05) is 25.5 Å². The number of aromatic nitrogens is 2. The number of nitrogens with zero attached hydrogens (tertiary/aromatic N) is 2. The highest BCUT2D eigenvalue weighted by Crippen LogP contribution is 2.39. The number of aryl methyl sites for hydroxylation is 2. The van der Waals surface area contributed by atoms with Crippen LogP contribution in [0.5, 0.6) is 0 Å². The van der Waals surface area contributed by atoms with Crippen LogP contribution in [0, 0.1) is 13.8 Å². The molecule has 1 amide bonds. The molecule has 0 saturated carbocycles. The molecule has 1 N–H and O–H groups in total. The number of rotatable bonds is 7. The standard InChI is InChI=1S/C23H26BrN3O4S/c1-4-11-30-23(29)19-16-7-5-6-8-18(16)32-22(19)25-21(28)17-10-9-15(31-17)12-27-14(3)20(24)13(2)26-27/h9-10H,4-8,11-12H2,1-3H3,(H,25,28). The van der Waals surface area contributed by atoms with E-state index in [1.165, 1.54) is 11.3 Å². The molecule has 0 bridgehead atoms. The lowest BCUT2D eigenvalue weighted by atomic mass is 9.95. The molecule has 0 aliphatic heterocycles. The zero-order valence-corrected chi connectivity index (χ0v) is 20.8. The molecule has 3 aromatic rings. The van der Waals surface area contributed by atoms with E-state index in [0.717, 1.165) is 58.4 Å². The predicted octanol–water partition coefficient (Wildman–Crippen LogP) is 5.66. The average Bonchev–Trinajstić information content (AvgIpc) is 3.45. The smallest absolute Gasteiger partial charge is 0.341 e. The molecule has 3 aromatic heterocycles. The maximum atomic E-state index is 12.9. The number of hydrogen-bond donors (Lipinski definition) is 1. The molecule has 32 heavy (non-hydrogen) atoms. The van der Waals surface area contributed by atoms with Gasteiger partial charge in [0.1, 0.15) is 10.8 Å². The number of hydrogen-bond acceptors (Lipinski definition) is 6. The van der Waals surface area contributed by atoms with Gasteiger partial charge < -0.3 is 14.5 Å². The van der Waals surface area contributed by atoms with Gasteiger partial charge >= 0.3 is 5.97 Å². The van der Waals surface area contributed by atoms with E-state index in [9.17, 15) is 9.59 Å². The topological polar surface area (TPSA) is 86.4 Å². The van der Waals surface area contributed by atoms with Gasteiger partial charge in [0, 0.05) is 4.88 Å². The third kappa shape index (κ3) is 4.54. The van der Waals surface area contributed by atoms with Crippen molar-refractivity contribution < 1.29 is 18.7 Å². The van der Waals surface area contributed by atoms with Crippen molar-refractivity contribution in [1.29, 1.82) is 0 Å². The van der Waals surface area contributed by atoms with Gasteiger partial charge in [0.05, 0.1) is 34.6 Å². The zero-order valence-electron chi connectivity index (χ0n) is 18.4. The van der Waals surface area contributed by atoms with Crippen LogP contribution in [0.25, 0.3) is 0 Å². The lowest BCUT2D eigenvalue weighted by molar-refractivity contribution is 0.0505. The summed E-state index contributed by atoms with van der Waals surface area (Å²) in [6.07, 6.45) is 4.64. The summed E-state index contributed by atoms with van der Waals surface area (Å²) in [5, 5.41) is 7.92. The molecule has 4 rings (SSSR count). The van der Waals surface area contributed by atoms with E-state index < -0.39 is 0 Å². The van der Waals surface area contributed by atoms with Crippen molar-refractivity contribution in [2.45, 2.75) is 59.4 Å². The van der Waals surface area contributed by atoms with Gasteiger partial charge in [-0.25, -0.2) is 4.79 Å². The van der Waals surface area contributed by atoms with E-state index in [-0.39, 0.29) is 17.6 Å². The van der Waals surface area contributed by atoms with Crippen LogP contribution in [0.1, 0.15) is 74.7 Å². The summed E-state index contributed by atoms with van der Waals surface area (Å²) >= 11 is 4.99. The third-order valence-electron chi connectivity index (χ3n) is 5.52. The van der Waals surface area contributed by atoms with Gasteiger partial charge in [0.25, 0.3) is 5.91 Å². The van der Waals surface area contributed by atoms with Crippen LogP contribution in [0.2, 0.25) is 0 Å². The molecule has 0 saturated heterocycles. The van der Waals surface area contributed by atoms with Crippen LogP contribution in [0.3, 0.4) is 0 Å². The summed E-state index contributed by atoms with van der Waals surface area (Å²) in [6.45, 7) is 6.64. The number of amides is 1. The van der Waals surface area contributed by atoms with Crippen molar-refractivity contribution in [3.8, 4) is 0 Å². The van der Waals surface area contributed by atoms with E-state index >= 15 is 0 Å². The normalized spacial score (nSPS) is 13.1. The summed E-state index contributed by atoms with van der Waals surface area (Å²) in [6, 6.07) is 3.42. The van der Waals surface area contributed by atoms with Crippen LogP contribution in [-0.2, 0) is 24.1 Å². The third-order valence-corrected chi connectivity index (χ3v) is 7.88. The van der Waals surface area contributed by atoms with Crippen molar-refractivity contribution in [3.63, 3.8) is 0 Å². The highest BCUT2D eigenvalue weighted by molar-refractivity contribution is 9.10. The highest BCUT2D eigenvalue weighted by Gasteiger charge is 2.28. The zero-order chi connectivity index (χ0) is 22.8. The number of esters is 1. The molecule has 1 aliphatic rings. The summed E-state index contributed by atoms with van der Waals surface area (Å²) in [5.74, 6) is 0.0758. The Hall–Kier alpha value is -2.39. The molecule has 0 unspecified atom stereocenters. The largest absolute Gasteiger partial charge is 0.462 e. The van der Waals surface area contributed by atoms with E-state index in [0.29, 0.717) is 29.5 Å². The molecule has 0 aromatic carbocycles. The molecule has 7 nitrogen and oxygen atoms in total. The van der Waals surface area contributed by atoms with Crippen molar-refractivity contribution >= 4 is 44.1 Å². The number of halogens is 1. The molecular formula is C23H26BrN3O4S. The fraction of sp³-hybridized carbons (Fsp3) is 0.435. The maximum Gasteiger partial charge on any atom is 0.341 e. The predicted molar refractivity (Wildman–Crippen MR) is 127 cm³/mol. The van der Waals surface area contributed by atoms with E-state index in [1.54, 1.807) is 12.1 Å². The van der Waals surface area contributed by atoms with Gasteiger partial charge in [0.15, 0.2) is 5.76 Å². The Kier molecular flexibility index (Phi) is 6.85. The summed E-state index contributed by atoms with van der Waals surface area (Å²) in [5.41, 5.74) is 3.42. The van der Waals surface area contributed by atoms with Gasteiger partial charge in [0.2, 0.25) is 0 Å². The molecule has 170 valence electrons. The van der Waals surface area contributed by atoms with Crippen molar-refractivity contribution in [3.05, 3.63) is 55.5 Å². The van der Waals surface area contributed by atoms with Crippen molar-refractivity contribution in [1.82, 2.24) is 9.78 Å². The number of carbonyl (C=O) groups is 2. The Morgan fingerprint density at radius 3 is 2.78 bits per heavy atom. The first-order valence-electron chi connectivity index (χ1n) is 10.8. The molecule has 3 heterocycles. The minimum Gasteiger partial charge on any atom is -0.462 e. The number of ether oxygens (including phenoxy) is 1. The van der Waals surface area contributed by atoms with Crippen molar-refractivity contribution in [2.75, 3.05) is 11.9 Å². The number of thiophene rings is 1. The molecular weight excluding hydrogens is 494 g/mol. The Bertz CT molecular complexity index is 1160. The summed E-state index contributed by atoms with van der Waals surface area (Å²) in [4.78, 5) is 26.8. The van der Waals surface area contributed by atoms with Crippen molar-refractivity contribution in [2.24, 2.45) is 0 Å². The molecule has 0 fully saturated rings. The highest BCUT2D eigenvalue weighted by atomic mass is 79.9. The molecule has 0 radical (unpaired) electrons. The monoisotopic (exact) mass is 519 g/mol. The lowest BCUT2D eigenvalue weighted by Gasteiger charge is -2.12. The molecule has 9 heteroatoms. The minimum absolute atomic E-state index is 0.194. The van der Waals surface area contributed by atoms with Crippen LogP contribution in [-0.4, -0.2) is 28.3 Å². The number of nitrogens with one attached hydrogen (secondary N) is 1. The summed E-state index contributed by atoms with van der Waals surface area (Å²) in [7, 11) is 0. The lowest BCUT2D eigenvalue weighted by Crippen LogP contribution is -2.15. The fourth-order valence-electron chi connectivity index (χ4n) is 3.86. The van der Waals surface area contributed by atoms with Gasteiger partial charge in [-0.2, -0.15) is 5.10 Å². The fourth-order valence-corrected chi connectivity index (χ4v) is 5.42. The second kappa shape index (κ2) is 9.62. The van der Waals surface area contributed by atoms with Gasteiger partial charge in [-0.3, -0.25) is 9.48 Å². The Morgan fingerprint density at radius 2 is 2.06 bits per heavy atom. The molecule has 0 atom stereocenters. The number of carbonyl (C=O) groups excluding carboxylic acids is 2. The van der Waals surface area contributed by atoms with Crippen LogP contribution >= 0.6 is 27.3 Å². The van der Waals surface area contributed by atoms with E-state index in [2.05, 4.69) is 26.3 Å². The van der Waals surface area contributed by atoms with E-state index in [4.69, 9.17) is 9.15 Å². The first-order valence-corrected chi connectivity index (χ1v) is 12.4.